The first kappa shape index (κ1) is 20.2. The summed E-state index contributed by atoms with van der Waals surface area (Å²) in [6, 6.07) is 14.9. The van der Waals surface area contributed by atoms with E-state index in [-0.39, 0.29) is 5.56 Å². The van der Waals surface area contributed by atoms with E-state index in [0.29, 0.717) is 22.3 Å². The van der Waals surface area contributed by atoms with Crippen LogP contribution in [0, 0.1) is 0 Å². The van der Waals surface area contributed by atoms with Gasteiger partial charge in [0.05, 0.1) is 14.2 Å². The Balaban J connectivity index is 1.68. The molecule has 0 saturated heterocycles. The quantitative estimate of drug-likeness (QED) is 0.650. The number of aromatic nitrogens is 1. The van der Waals surface area contributed by atoms with Crippen LogP contribution in [0.15, 0.2) is 60.8 Å². The summed E-state index contributed by atoms with van der Waals surface area (Å²) in [5, 5.41) is 5.41. The second-order valence-corrected chi connectivity index (χ2v) is 6.32. The summed E-state index contributed by atoms with van der Waals surface area (Å²) in [5.41, 5.74) is 1.93. The van der Waals surface area contributed by atoms with Gasteiger partial charge in [0.25, 0.3) is 5.91 Å². The molecule has 0 saturated carbocycles. The molecule has 0 unspecified atom stereocenters. The molecule has 0 spiro atoms. The van der Waals surface area contributed by atoms with Crippen LogP contribution in [0.1, 0.15) is 10.4 Å². The predicted molar refractivity (Wildman–Crippen MR) is 111 cm³/mol. The van der Waals surface area contributed by atoms with Gasteiger partial charge in [-0.05, 0) is 42.0 Å². The molecule has 0 fully saturated rings. The predicted octanol–water partition coefficient (Wildman–Crippen LogP) is 4.38. The van der Waals surface area contributed by atoms with Crippen LogP contribution < -0.4 is 20.1 Å². The van der Waals surface area contributed by atoms with Crippen molar-refractivity contribution in [3.63, 3.8) is 0 Å². The largest absolute Gasteiger partial charge is 0.496 e. The number of carbonyl (C=O) groups excluding carboxylic acids is 2. The standard InChI is InChI=1S/C21H18ClN3O4/c1-28-16-4-3-5-17(29-2)19(16)20(26)25-21(27)24-18-11-8-14(12-23-18)13-6-9-15(22)10-7-13/h3-12H,1-2H3,(H2,23,24,25,26,27). The number of halogens is 1. The molecule has 8 heteroatoms. The highest BCUT2D eigenvalue weighted by atomic mass is 35.5. The highest BCUT2D eigenvalue weighted by Gasteiger charge is 2.20. The molecule has 1 heterocycles. The molecule has 0 bridgehead atoms. The average molecular weight is 412 g/mol. The normalized spacial score (nSPS) is 10.2. The number of ether oxygens (including phenoxy) is 2. The molecule has 7 nitrogen and oxygen atoms in total. The monoisotopic (exact) mass is 411 g/mol. The molecule has 2 aromatic carbocycles. The molecular weight excluding hydrogens is 394 g/mol. The van der Waals surface area contributed by atoms with E-state index < -0.39 is 11.9 Å². The fourth-order valence-electron chi connectivity index (χ4n) is 2.67. The number of urea groups is 1. The van der Waals surface area contributed by atoms with Crippen molar-refractivity contribution < 1.29 is 19.1 Å². The molecule has 3 rings (SSSR count). The van der Waals surface area contributed by atoms with E-state index in [1.165, 1.54) is 14.2 Å². The molecule has 0 atom stereocenters. The molecule has 3 amide bonds. The molecule has 3 aromatic rings. The maximum Gasteiger partial charge on any atom is 0.327 e. The third kappa shape index (κ3) is 4.83. The lowest BCUT2D eigenvalue weighted by atomic mass is 10.1. The molecule has 29 heavy (non-hydrogen) atoms. The first-order chi connectivity index (χ1) is 14.0. The van der Waals surface area contributed by atoms with Crippen LogP contribution in [0.4, 0.5) is 10.6 Å². The second-order valence-electron chi connectivity index (χ2n) is 5.88. The first-order valence-corrected chi connectivity index (χ1v) is 8.95. The van der Waals surface area contributed by atoms with Gasteiger partial charge in [-0.2, -0.15) is 0 Å². The Morgan fingerprint density at radius 3 is 2.07 bits per heavy atom. The number of hydrogen-bond donors (Lipinski definition) is 2. The highest BCUT2D eigenvalue weighted by Crippen LogP contribution is 2.28. The summed E-state index contributed by atoms with van der Waals surface area (Å²) in [4.78, 5) is 28.9. The maximum absolute atomic E-state index is 12.5. The summed E-state index contributed by atoms with van der Waals surface area (Å²) in [7, 11) is 2.86. The summed E-state index contributed by atoms with van der Waals surface area (Å²) in [6.07, 6.45) is 1.62. The molecule has 0 radical (unpaired) electrons. The first-order valence-electron chi connectivity index (χ1n) is 8.57. The van der Waals surface area contributed by atoms with Crippen molar-refractivity contribution >= 4 is 29.4 Å². The Labute approximate surface area is 172 Å². The number of pyridine rings is 1. The van der Waals surface area contributed by atoms with Crippen LogP contribution >= 0.6 is 11.6 Å². The minimum Gasteiger partial charge on any atom is -0.496 e. The van der Waals surface area contributed by atoms with Gasteiger partial charge in [0, 0.05) is 16.8 Å². The minimum absolute atomic E-state index is 0.124. The van der Waals surface area contributed by atoms with Crippen molar-refractivity contribution in [2.24, 2.45) is 0 Å². The van der Waals surface area contributed by atoms with E-state index in [2.05, 4.69) is 15.6 Å². The summed E-state index contributed by atoms with van der Waals surface area (Å²) >= 11 is 5.89. The number of nitrogens with zero attached hydrogens (tertiary/aromatic N) is 1. The van der Waals surface area contributed by atoms with Crippen LogP contribution in [-0.2, 0) is 0 Å². The number of methoxy groups -OCH3 is 2. The SMILES string of the molecule is COc1cccc(OC)c1C(=O)NC(=O)Nc1ccc(-c2ccc(Cl)cc2)cn1. The molecule has 0 aliphatic rings. The fourth-order valence-corrected chi connectivity index (χ4v) is 2.80. The third-order valence-corrected chi connectivity index (χ3v) is 4.32. The molecule has 0 aliphatic heterocycles. The van der Waals surface area contributed by atoms with Gasteiger partial charge < -0.3 is 9.47 Å². The number of amides is 3. The lowest BCUT2D eigenvalue weighted by Crippen LogP contribution is -2.35. The van der Waals surface area contributed by atoms with Gasteiger partial charge in [-0.1, -0.05) is 29.8 Å². The van der Waals surface area contributed by atoms with Crippen molar-refractivity contribution in [1.29, 1.82) is 0 Å². The summed E-state index contributed by atoms with van der Waals surface area (Å²) < 4.78 is 10.4. The topological polar surface area (TPSA) is 89.5 Å². The number of anilines is 1. The number of carbonyl (C=O) groups is 2. The van der Waals surface area contributed by atoms with Crippen molar-refractivity contribution in [3.8, 4) is 22.6 Å². The highest BCUT2D eigenvalue weighted by molar-refractivity contribution is 6.30. The zero-order valence-corrected chi connectivity index (χ0v) is 16.5. The van der Waals surface area contributed by atoms with E-state index in [4.69, 9.17) is 21.1 Å². The van der Waals surface area contributed by atoms with Crippen LogP contribution in [0.5, 0.6) is 11.5 Å². The smallest absolute Gasteiger partial charge is 0.327 e. The Morgan fingerprint density at radius 1 is 0.897 bits per heavy atom. The summed E-state index contributed by atoms with van der Waals surface area (Å²) in [5.74, 6) is 0.217. The number of imide groups is 1. The Bertz CT molecular complexity index is 999. The fraction of sp³-hybridized carbons (Fsp3) is 0.0952. The van der Waals surface area contributed by atoms with Crippen LogP contribution in [0.2, 0.25) is 5.02 Å². The molecule has 148 valence electrons. The molecule has 0 aliphatic carbocycles. The maximum atomic E-state index is 12.5. The zero-order valence-electron chi connectivity index (χ0n) is 15.7. The lowest BCUT2D eigenvalue weighted by molar-refractivity contribution is 0.0961. The van der Waals surface area contributed by atoms with Crippen molar-refractivity contribution in [2.75, 3.05) is 19.5 Å². The second kappa shape index (κ2) is 9.07. The van der Waals surface area contributed by atoms with Crippen LogP contribution in [0.3, 0.4) is 0 Å². The zero-order chi connectivity index (χ0) is 20.8. The Kier molecular flexibility index (Phi) is 6.31. The van der Waals surface area contributed by atoms with E-state index in [1.54, 1.807) is 48.7 Å². The van der Waals surface area contributed by atoms with E-state index in [9.17, 15) is 9.59 Å². The lowest BCUT2D eigenvalue weighted by Gasteiger charge is -2.12. The number of hydrogen-bond acceptors (Lipinski definition) is 5. The Morgan fingerprint density at radius 2 is 1.52 bits per heavy atom. The summed E-state index contributed by atoms with van der Waals surface area (Å²) in [6.45, 7) is 0. The molecular formula is C21H18ClN3O4. The van der Waals surface area contributed by atoms with Gasteiger partial charge >= 0.3 is 6.03 Å². The third-order valence-electron chi connectivity index (χ3n) is 4.06. The van der Waals surface area contributed by atoms with Gasteiger partial charge in [-0.15, -0.1) is 0 Å². The minimum atomic E-state index is -0.727. The van der Waals surface area contributed by atoms with E-state index >= 15 is 0 Å². The van der Waals surface area contributed by atoms with Gasteiger partial charge in [0.2, 0.25) is 0 Å². The van der Waals surface area contributed by atoms with Crippen molar-refractivity contribution in [3.05, 3.63) is 71.4 Å². The van der Waals surface area contributed by atoms with Crippen molar-refractivity contribution in [2.45, 2.75) is 0 Å². The molecule has 2 N–H and O–H groups in total. The van der Waals surface area contributed by atoms with Gasteiger partial charge in [-0.25, -0.2) is 9.78 Å². The van der Waals surface area contributed by atoms with Gasteiger partial charge in [-0.3, -0.25) is 15.4 Å². The van der Waals surface area contributed by atoms with Crippen LogP contribution in [-0.4, -0.2) is 31.1 Å². The Hall–Kier alpha value is -3.58. The van der Waals surface area contributed by atoms with Crippen LogP contribution in [0.25, 0.3) is 11.1 Å². The van der Waals surface area contributed by atoms with E-state index in [1.807, 2.05) is 12.1 Å². The average Bonchev–Trinajstić information content (AvgIpc) is 2.74. The van der Waals surface area contributed by atoms with E-state index in [0.717, 1.165) is 11.1 Å². The van der Waals surface area contributed by atoms with Crippen molar-refractivity contribution in [1.82, 2.24) is 10.3 Å². The number of rotatable bonds is 5. The number of nitrogens with one attached hydrogen (secondary N) is 2. The number of benzene rings is 2. The molecule has 1 aromatic heterocycles. The van der Waals surface area contributed by atoms with Gasteiger partial charge in [0.15, 0.2) is 0 Å². The van der Waals surface area contributed by atoms with Gasteiger partial charge in [0.1, 0.15) is 22.9 Å².